The zero-order valence-corrected chi connectivity index (χ0v) is 21.6. The van der Waals surface area contributed by atoms with Gasteiger partial charge in [0.1, 0.15) is 0 Å². The SMILES string of the molecule is CC(=O)Nc1cccc(NC(=O)CSc2nnc(-c3ccc(C(C)(C)C)cc3)n2C2CCCC2)c1. The first-order valence-electron chi connectivity index (χ1n) is 12.1. The van der Waals surface area contributed by atoms with Crippen LogP contribution in [-0.2, 0) is 15.0 Å². The van der Waals surface area contributed by atoms with Crippen molar-refractivity contribution in [2.24, 2.45) is 0 Å². The minimum absolute atomic E-state index is 0.0910. The zero-order chi connectivity index (χ0) is 25.0. The van der Waals surface area contributed by atoms with E-state index in [1.807, 2.05) is 0 Å². The lowest BCUT2D eigenvalue weighted by molar-refractivity contribution is -0.114. The van der Waals surface area contributed by atoms with Crippen molar-refractivity contribution in [2.75, 3.05) is 16.4 Å². The van der Waals surface area contributed by atoms with Crippen LogP contribution in [0, 0.1) is 0 Å². The van der Waals surface area contributed by atoms with E-state index >= 15 is 0 Å². The topological polar surface area (TPSA) is 88.9 Å². The van der Waals surface area contributed by atoms with E-state index in [0.717, 1.165) is 29.4 Å². The van der Waals surface area contributed by atoms with Gasteiger partial charge in [0, 0.05) is 29.9 Å². The smallest absolute Gasteiger partial charge is 0.234 e. The quantitative estimate of drug-likeness (QED) is 0.393. The summed E-state index contributed by atoms with van der Waals surface area (Å²) in [6, 6.07) is 16.0. The summed E-state index contributed by atoms with van der Waals surface area (Å²) < 4.78 is 2.23. The molecule has 35 heavy (non-hydrogen) atoms. The van der Waals surface area contributed by atoms with Crippen LogP contribution in [0.5, 0.6) is 0 Å². The number of anilines is 2. The third-order valence-corrected chi connectivity index (χ3v) is 7.11. The average molecular weight is 492 g/mol. The van der Waals surface area contributed by atoms with Crippen LogP contribution in [-0.4, -0.2) is 32.3 Å². The first-order chi connectivity index (χ1) is 16.7. The molecule has 3 aromatic rings. The van der Waals surface area contributed by atoms with Crippen molar-refractivity contribution in [3.63, 3.8) is 0 Å². The van der Waals surface area contributed by atoms with E-state index in [-0.39, 0.29) is 23.0 Å². The molecule has 4 rings (SSSR count). The molecular weight excluding hydrogens is 458 g/mol. The van der Waals surface area contributed by atoms with Crippen molar-refractivity contribution in [1.29, 1.82) is 0 Å². The van der Waals surface area contributed by atoms with Gasteiger partial charge < -0.3 is 10.6 Å². The third-order valence-electron chi connectivity index (χ3n) is 6.16. The first kappa shape index (κ1) is 25.0. The van der Waals surface area contributed by atoms with Crippen molar-refractivity contribution >= 4 is 35.0 Å². The molecule has 2 amide bonds. The van der Waals surface area contributed by atoms with Crippen LogP contribution in [0.3, 0.4) is 0 Å². The van der Waals surface area contributed by atoms with Crippen molar-refractivity contribution in [3.05, 3.63) is 54.1 Å². The number of benzene rings is 2. The molecule has 1 heterocycles. The number of hydrogen-bond acceptors (Lipinski definition) is 5. The van der Waals surface area contributed by atoms with E-state index in [9.17, 15) is 9.59 Å². The summed E-state index contributed by atoms with van der Waals surface area (Å²) in [4.78, 5) is 24.0. The lowest BCUT2D eigenvalue weighted by Crippen LogP contribution is -2.16. The molecule has 0 radical (unpaired) electrons. The van der Waals surface area contributed by atoms with Crippen molar-refractivity contribution in [3.8, 4) is 11.4 Å². The van der Waals surface area contributed by atoms with Gasteiger partial charge in [-0.2, -0.15) is 0 Å². The Balaban J connectivity index is 1.49. The zero-order valence-electron chi connectivity index (χ0n) is 20.8. The molecule has 0 bridgehead atoms. The molecule has 0 spiro atoms. The van der Waals surface area contributed by atoms with E-state index in [4.69, 9.17) is 0 Å². The van der Waals surface area contributed by atoms with Crippen LogP contribution < -0.4 is 10.6 Å². The number of rotatable bonds is 7. The van der Waals surface area contributed by atoms with Crippen LogP contribution in [0.25, 0.3) is 11.4 Å². The lowest BCUT2D eigenvalue weighted by Gasteiger charge is -2.20. The molecule has 184 valence electrons. The second-order valence-corrected chi connectivity index (χ2v) is 11.0. The average Bonchev–Trinajstić information content (AvgIpc) is 3.47. The summed E-state index contributed by atoms with van der Waals surface area (Å²) in [5, 5.41) is 15.4. The molecule has 0 aliphatic heterocycles. The van der Waals surface area contributed by atoms with Gasteiger partial charge in [-0.15, -0.1) is 10.2 Å². The summed E-state index contributed by atoms with van der Waals surface area (Å²) in [6.07, 6.45) is 4.59. The van der Waals surface area contributed by atoms with Gasteiger partial charge in [-0.1, -0.05) is 75.7 Å². The Hall–Kier alpha value is -3.13. The molecular formula is C27H33N5O2S. The molecule has 8 heteroatoms. The summed E-state index contributed by atoms with van der Waals surface area (Å²) in [6.45, 7) is 8.08. The Kier molecular flexibility index (Phi) is 7.60. The van der Waals surface area contributed by atoms with Gasteiger partial charge in [0.25, 0.3) is 0 Å². The Morgan fingerprint density at radius 2 is 1.66 bits per heavy atom. The molecule has 1 saturated carbocycles. The summed E-state index contributed by atoms with van der Waals surface area (Å²) in [7, 11) is 0. The van der Waals surface area contributed by atoms with Crippen molar-refractivity contribution < 1.29 is 9.59 Å². The predicted molar refractivity (Wildman–Crippen MR) is 142 cm³/mol. The number of carbonyl (C=O) groups excluding carboxylic acids is 2. The monoisotopic (exact) mass is 491 g/mol. The number of amides is 2. The fourth-order valence-electron chi connectivity index (χ4n) is 4.39. The first-order valence-corrected chi connectivity index (χ1v) is 13.1. The fourth-order valence-corrected chi connectivity index (χ4v) is 5.19. The molecule has 1 aliphatic carbocycles. The molecule has 2 aromatic carbocycles. The van der Waals surface area contributed by atoms with E-state index in [1.165, 1.54) is 37.1 Å². The highest BCUT2D eigenvalue weighted by atomic mass is 32.2. The highest BCUT2D eigenvalue weighted by molar-refractivity contribution is 7.99. The number of nitrogens with one attached hydrogen (secondary N) is 2. The molecule has 2 N–H and O–H groups in total. The van der Waals surface area contributed by atoms with Crippen LogP contribution in [0.15, 0.2) is 53.7 Å². The van der Waals surface area contributed by atoms with Gasteiger partial charge in [-0.05, 0) is 42.0 Å². The molecule has 7 nitrogen and oxygen atoms in total. The molecule has 1 aromatic heterocycles. The number of carbonyl (C=O) groups is 2. The maximum absolute atomic E-state index is 12.7. The molecule has 0 unspecified atom stereocenters. The highest BCUT2D eigenvalue weighted by Gasteiger charge is 2.25. The molecule has 1 fully saturated rings. The largest absolute Gasteiger partial charge is 0.326 e. The summed E-state index contributed by atoms with van der Waals surface area (Å²) in [5.74, 6) is 0.799. The summed E-state index contributed by atoms with van der Waals surface area (Å²) in [5.41, 5.74) is 3.70. The van der Waals surface area contributed by atoms with Crippen LogP contribution >= 0.6 is 11.8 Å². The Morgan fingerprint density at radius 1 is 1.00 bits per heavy atom. The Bertz CT molecular complexity index is 1190. The molecule has 0 saturated heterocycles. The van der Waals surface area contributed by atoms with E-state index in [0.29, 0.717) is 17.4 Å². The standard InChI is InChI=1S/C27H33N5O2S/c1-18(33)28-21-8-7-9-22(16-21)29-24(34)17-35-26-31-30-25(32(26)23-10-5-6-11-23)19-12-14-20(15-13-19)27(2,3)4/h7-9,12-16,23H,5-6,10-11,17H2,1-4H3,(H,28,33)(H,29,34). The highest BCUT2D eigenvalue weighted by Crippen LogP contribution is 2.37. The van der Waals surface area contributed by atoms with Gasteiger partial charge >= 0.3 is 0 Å². The van der Waals surface area contributed by atoms with E-state index in [1.54, 1.807) is 24.3 Å². The van der Waals surface area contributed by atoms with Crippen molar-refractivity contribution in [2.45, 2.75) is 70.0 Å². The normalized spacial score (nSPS) is 14.2. The number of aromatic nitrogens is 3. The number of nitrogens with zero attached hydrogens (tertiary/aromatic N) is 3. The predicted octanol–water partition coefficient (Wildman–Crippen LogP) is 6.05. The Morgan fingerprint density at radius 3 is 2.29 bits per heavy atom. The second-order valence-electron chi connectivity index (χ2n) is 10.0. The van der Waals surface area contributed by atoms with Gasteiger partial charge in [-0.25, -0.2) is 0 Å². The summed E-state index contributed by atoms with van der Waals surface area (Å²) >= 11 is 1.41. The second kappa shape index (κ2) is 10.6. The van der Waals surface area contributed by atoms with Crippen LogP contribution in [0.1, 0.15) is 65.0 Å². The van der Waals surface area contributed by atoms with E-state index in [2.05, 4.69) is 70.4 Å². The minimum Gasteiger partial charge on any atom is -0.326 e. The third kappa shape index (κ3) is 6.31. The lowest BCUT2D eigenvalue weighted by atomic mass is 9.86. The van der Waals surface area contributed by atoms with Crippen LogP contribution in [0.4, 0.5) is 11.4 Å². The van der Waals surface area contributed by atoms with Crippen LogP contribution in [0.2, 0.25) is 0 Å². The minimum atomic E-state index is -0.154. The van der Waals surface area contributed by atoms with Gasteiger partial charge in [-0.3, -0.25) is 14.2 Å². The fraction of sp³-hybridized carbons (Fsp3) is 0.407. The number of hydrogen-bond donors (Lipinski definition) is 2. The van der Waals surface area contributed by atoms with Gasteiger partial charge in [0.05, 0.1) is 5.75 Å². The van der Waals surface area contributed by atoms with E-state index < -0.39 is 0 Å². The number of thioether (sulfide) groups is 1. The maximum Gasteiger partial charge on any atom is 0.234 e. The van der Waals surface area contributed by atoms with Crippen molar-refractivity contribution in [1.82, 2.24) is 14.8 Å². The maximum atomic E-state index is 12.7. The van der Waals surface area contributed by atoms with Gasteiger partial charge in [0.2, 0.25) is 11.8 Å². The molecule has 1 aliphatic rings. The molecule has 0 atom stereocenters. The Labute approximate surface area is 211 Å². The van der Waals surface area contributed by atoms with Gasteiger partial charge in [0.15, 0.2) is 11.0 Å².